The molecule has 1 aromatic carbocycles. The summed E-state index contributed by atoms with van der Waals surface area (Å²) < 4.78 is 28.4. The van der Waals surface area contributed by atoms with Gasteiger partial charge in [0, 0.05) is 24.7 Å². The number of nitrogens with zero attached hydrogens (tertiary/aromatic N) is 3. The lowest BCUT2D eigenvalue weighted by Crippen LogP contribution is -2.38. The average molecular weight is 505 g/mol. The Morgan fingerprint density at radius 1 is 1.11 bits per heavy atom. The molecule has 0 bridgehead atoms. The van der Waals surface area contributed by atoms with Crippen molar-refractivity contribution >= 4 is 11.8 Å². The number of benzene rings is 1. The Morgan fingerprint density at radius 2 is 1.92 bits per heavy atom. The van der Waals surface area contributed by atoms with Gasteiger partial charge in [0.2, 0.25) is 0 Å². The van der Waals surface area contributed by atoms with Gasteiger partial charge in [0.25, 0.3) is 6.43 Å². The van der Waals surface area contributed by atoms with Crippen molar-refractivity contribution in [3.8, 4) is 11.8 Å². The summed E-state index contributed by atoms with van der Waals surface area (Å²) in [5.74, 6) is 8.26. The summed E-state index contributed by atoms with van der Waals surface area (Å²) in [4.78, 5) is 2.64. The first-order chi connectivity index (χ1) is 18.1. The molecule has 3 aliphatic rings. The number of halogens is 2. The standard InChI is InChI=1S/C31H38F2N4/c1-2-34-29-22-37(35-30(29)31(32)33)28-14-11-25(12-15-28)21-36-18-16-23(17-19-36)6-3-4-7-24-10-13-26-8-5-9-27(26)20-24/h2,5,8,10,13,20,22-23,25,28,31,34H,1,3,6,9,11-12,14-19,21H2. The van der Waals surface area contributed by atoms with Gasteiger partial charge in [0.05, 0.1) is 11.7 Å². The monoisotopic (exact) mass is 504 g/mol. The molecule has 2 aliphatic carbocycles. The van der Waals surface area contributed by atoms with Gasteiger partial charge < -0.3 is 10.2 Å². The molecule has 0 radical (unpaired) electrons. The summed E-state index contributed by atoms with van der Waals surface area (Å²) in [6.45, 7) is 7.11. The van der Waals surface area contributed by atoms with E-state index in [1.165, 1.54) is 49.7 Å². The second-order valence-corrected chi connectivity index (χ2v) is 10.8. The molecule has 2 fully saturated rings. The van der Waals surface area contributed by atoms with Crippen LogP contribution in [0.15, 0.2) is 43.3 Å². The number of hydrogen-bond donors (Lipinski definition) is 1. The fourth-order valence-electron chi connectivity index (χ4n) is 6.17. The van der Waals surface area contributed by atoms with Gasteiger partial charge in [0.1, 0.15) is 0 Å². The fraction of sp³-hybridized carbons (Fsp3) is 0.516. The summed E-state index contributed by atoms with van der Waals surface area (Å²) in [5, 5.41) is 7.00. The third-order valence-corrected chi connectivity index (χ3v) is 8.33. The molecular weight excluding hydrogens is 466 g/mol. The van der Waals surface area contributed by atoms with E-state index in [1.54, 1.807) is 10.9 Å². The number of nitrogens with one attached hydrogen (secondary N) is 1. The Labute approximate surface area is 219 Å². The highest BCUT2D eigenvalue weighted by Gasteiger charge is 2.28. The minimum atomic E-state index is -2.59. The van der Waals surface area contributed by atoms with Gasteiger partial charge in [-0.2, -0.15) is 5.10 Å². The van der Waals surface area contributed by atoms with Crippen LogP contribution in [0.5, 0.6) is 0 Å². The first-order valence-corrected chi connectivity index (χ1v) is 13.8. The van der Waals surface area contributed by atoms with Crippen LogP contribution in [0, 0.1) is 23.7 Å². The van der Waals surface area contributed by atoms with Crippen LogP contribution in [-0.4, -0.2) is 34.3 Å². The second-order valence-electron chi connectivity index (χ2n) is 10.8. The van der Waals surface area contributed by atoms with Crippen molar-refractivity contribution in [2.75, 3.05) is 25.0 Å². The lowest BCUT2D eigenvalue weighted by atomic mass is 9.85. The minimum Gasteiger partial charge on any atom is -0.359 e. The van der Waals surface area contributed by atoms with E-state index >= 15 is 0 Å². The largest absolute Gasteiger partial charge is 0.359 e. The van der Waals surface area contributed by atoms with E-state index in [-0.39, 0.29) is 11.7 Å². The van der Waals surface area contributed by atoms with Gasteiger partial charge in [-0.05, 0) is 106 Å². The predicted molar refractivity (Wildman–Crippen MR) is 146 cm³/mol. The number of allylic oxidation sites excluding steroid dienone is 1. The van der Waals surface area contributed by atoms with E-state index in [9.17, 15) is 8.78 Å². The molecule has 37 heavy (non-hydrogen) atoms. The van der Waals surface area contributed by atoms with Crippen LogP contribution in [0.3, 0.4) is 0 Å². The van der Waals surface area contributed by atoms with Gasteiger partial charge in [-0.15, -0.1) is 0 Å². The maximum Gasteiger partial charge on any atom is 0.284 e. The van der Waals surface area contributed by atoms with Crippen molar-refractivity contribution in [2.24, 2.45) is 11.8 Å². The third kappa shape index (κ3) is 6.51. The summed E-state index contributed by atoms with van der Waals surface area (Å²) in [6, 6.07) is 6.76. The van der Waals surface area contributed by atoms with Crippen LogP contribution in [-0.2, 0) is 6.42 Å². The van der Waals surface area contributed by atoms with Gasteiger partial charge in [0.15, 0.2) is 5.69 Å². The number of anilines is 1. The summed E-state index contributed by atoms with van der Waals surface area (Å²) in [6.07, 6.45) is 15.0. The van der Waals surface area contributed by atoms with Gasteiger partial charge in [-0.25, -0.2) is 8.78 Å². The lowest BCUT2D eigenvalue weighted by Gasteiger charge is -2.36. The Kier molecular flexibility index (Phi) is 8.41. The molecule has 0 atom stereocenters. The quantitative estimate of drug-likeness (QED) is 0.385. The zero-order chi connectivity index (χ0) is 25.6. The van der Waals surface area contributed by atoms with Crippen LogP contribution in [0.1, 0.15) is 86.2 Å². The second kappa shape index (κ2) is 12.1. The number of alkyl halides is 2. The molecule has 0 unspecified atom stereocenters. The Hall–Kier alpha value is -2.91. The third-order valence-electron chi connectivity index (χ3n) is 8.33. The molecule has 196 valence electrons. The minimum absolute atomic E-state index is 0.184. The topological polar surface area (TPSA) is 33.1 Å². The van der Waals surface area contributed by atoms with Crippen LogP contribution < -0.4 is 5.32 Å². The van der Waals surface area contributed by atoms with Gasteiger partial charge in [-0.1, -0.05) is 36.6 Å². The van der Waals surface area contributed by atoms with E-state index in [1.807, 2.05) is 0 Å². The van der Waals surface area contributed by atoms with Crippen LogP contribution >= 0.6 is 0 Å². The molecule has 0 amide bonds. The Balaban J connectivity index is 1.01. The fourth-order valence-corrected chi connectivity index (χ4v) is 6.17. The summed E-state index contributed by atoms with van der Waals surface area (Å²) >= 11 is 0. The summed E-state index contributed by atoms with van der Waals surface area (Å²) in [5.41, 5.74) is 4.05. The highest BCUT2D eigenvalue weighted by Crippen LogP contribution is 2.35. The zero-order valence-electron chi connectivity index (χ0n) is 21.6. The van der Waals surface area contributed by atoms with Crippen molar-refractivity contribution in [1.29, 1.82) is 0 Å². The van der Waals surface area contributed by atoms with Crippen LogP contribution in [0.4, 0.5) is 14.5 Å². The SMILES string of the molecule is C=CNc1cn(C2CCC(CN3CCC(CCC#Cc4ccc5c(c4)CC=C5)CC3)CC2)nc1C(F)F. The maximum absolute atomic E-state index is 13.3. The summed E-state index contributed by atoms with van der Waals surface area (Å²) in [7, 11) is 0. The Bertz CT molecular complexity index is 1160. The van der Waals surface area contributed by atoms with Crippen LogP contribution in [0.25, 0.3) is 6.08 Å². The highest BCUT2D eigenvalue weighted by molar-refractivity contribution is 5.61. The van der Waals surface area contributed by atoms with Crippen molar-refractivity contribution in [3.63, 3.8) is 0 Å². The number of aromatic nitrogens is 2. The van der Waals surface area contributed by atoms with E-state index in [0.717, 1.165) is 56.6 Å². The highest BCUT2D eigenvalue weighted by atomic mass is 19.3. The Morgan fingerprint density at radius 3 is 2.68 bits per heavy atom. The van der Waals surface area contributed by atoms with Crippen molar-refractivity contribution in [1.82, 2.24) is 14.7 Å². The predicted octanol–water partition coefficient (Wildman–Crippen LogP) is 7.22. The average Bonchev–Trinajstić information content (AvgIpc) is 3.55. The maximum atomic E-state index is 13.3. The molecule has 1 aliphatic heterocycles. The van der Waals surface area contributed by atoms with E-state index in [4.69, 9.17) is 0 Å². The van der Waals surface area contributed by atoms with Crippen molar-refractivity contribution in [2.45, 2.75) is 70.3 Å². The number of hydrogen-bond acceptors (Lipinski definition) is 3. The van der Waals surface area contributed by atoms with E-state index in [0.29, 0.717) is 11.6 Å². The molecule has 0 spiro atoms. The van der Waals surface area contributed by atoms with Crippen molar-refractivity contribution in [3.05, 3.63) is 65.6 Å². The molecule has 1 aromatic heterocycles. The molecule has 6 heteroatoms. The molecule has 1 saturated heterocycles. The van der Waals surface area contributed by atoms with Crippen molar-refractivity contribution < 1.29 is 8.78 Å². The van der Waals surface area contributed by atoms with Crippen LogP contribution in [0.2, 0.25) is 0 Å². The number of likely N-dealkylation sites (tertiary alicyclic amines) is 1. The molecule has 4 nitrogen and oxygen atoms in total. The zero-order valence-corrected chi connectivity index (χ0v) is 21.6. The normalized spacial score (nSPS) is 22.0. The molecule has 1 saturated carbocycles. The van der Waals surface area contributed by atoms with E-state index in [2.05, 4.69) is 64.1 Å². The molecule has 2 heterocycles. The number of fused-ring (bicyclic) bond motifs is 1. The molecule has 2 aromatic rings. The lowest BCUT2D eigenvalue weighted by molar-refractivity contribution is 0.131. The molecular formula is C31H38F2N4. The number of piperidine rings is 1. The smallest absolute Gasteiger partial charge is 0.284 e. The first-order valence-electron chi connectivity index (χ1n) is 13.8. The van der Waals surface area contributed by atoms with Gasteiger partial charge in [-0.3, -0.25) is 4.68 Å². The van der Waals surface area contributed by atoms with E-state index < -0.39 is 6.43 Å². The first kappa shape index (κ1) is 25.7. The molecule has 1 N–H and O–H groups in total. The molecule has 5 rings (SSSR count). The number of rotatable bonds is 8. The van der Waals surface area contributed by atoms with Gasteiger partial charge >= 0.3 is 0 Å².